The van der Waals surface area contributed by atoms with E-state index in [-0.39, 0.29) is 28.7 Å². The predicted octanol–water partition coefficient (Wildman–Crippen LogP) is 3.21. The van der Waals surface area contributed by atoms with Gasteiger partial charge in [0.2, 0.25) is 0 Å². The van der Waals surface area contributed by atoms with Gasteiger partial charge < -0.3 is 14.5 Å². The second-order valence-corrected chi connectivity index (χ2v) is 7.80. The number of aryl methyl sites for hydroxylation is 2. The maximum absolute atomic E-state index is 15.3. The van der Waals surface area contributed by atoms with Crippen LogP contribution in [0, 0.1) is 25.5 Å². The van der Waals surface area contributed by atoms with Gasteiger partial charge in [-0.1, -0.05) is 0 Å². The Morgan fingerprint density at radius 3 is 2.65 bits per heavy atom. The average molecular weight is 424 g/mol. The van der Waals surface area contributed by atoms with Crippen LogP contribution in [0.3, 0.4) is 0 Å². The number of halogens is 2. The molecule has 1 aromatic carbocycles. The van der Waals surface area contributed by atoms with E-state index in [1.165, 1.54) is 12.1 Å². The molecule has 7 nitrogen and oxygen atoms in total. The number of nitrogens with one attached hydrogen (secondary N) is 2. The lowest BCUT2D eigenvalue weighted by Gasteiger charge is -2.24. The first-order valence-electron chi connectivity index (χ1n) is 10.2. The van der Waals surface area contributed by atoms with Crippen molar-refractivity contribution in [2.45, 2.75) is 26.4 Å². The summed E-state index contributed by atoms with van der Waals surface area (Å²) in [6.07, 6.45) is 2.26. The molecule has 31 heavy (non-hydrogen) atoms. The molecule has 9 heteroatoms. The first-order valence-corrected chi connectivity index (χ1v) is 10.2. The molecule has 4 aromatic rings. The summed E-state index contributed by atoms with van der Waals surface area (Å²) in [7, 11) is 0. The van der Waals surface area contributed by atoms with Crippen molar-refractivity contribution in [1.29, 1.82) is 0 Å². The van der Waals surface area contributed by atoms with Gasteiger partial charge in [0, 0.05) is 31.3 Å². The molecular weight excluding hydrogens is 402 g/mol. The van der Waals surface area contributed by atoms with Gasteiger partial charge in [0.25, 0.3) is 0 Å². The van der Waals surface area contributed by atoms with Gasteiger partial charge in [-0.3, -0.25) is 5.10 Å². The third-order valence-electron chi connectivity index (χ3n) is 5.44. The number of aromatic nitrogens is 5. The molecule has 4 heterocycles. The first kappa shape index (κ1) is 19.8. The van der Waals surface area contributed by atoms with Crippen molar-refractivity contribution in [3.05, 3.63) is 59.2 Å². The standard InChI is InChI=1S/C22H22F2N6O/c1-12-3-5-30-18(10-15-11-25-4-6-31-15)21(27-19(30)7-12)20-16(23)8-14(9-17(20)24)22-26-13(2)28-29-22/h3,5,7-9,15,25H,4,6,10-11H2,1-2H3,(H,26,28,29)/t15-/m0/s1. The Kier molecular flexibility index (Phi) is 4.99. The molecule has 5 rings (SSSR count). The van der Waals surface area contributed by atoms with E-state index >= 15 is 8.78 Å². The van der Waals surface area contributed by atoms with Crippen LogP contribution in [-0.4, -0.2) is 50.4 Å². The van der Waals surface area contributed by atoms with E-state index in [4.69, 9.17) is 4.74 Å². The van der Waals surface area contributed by atoms with Crippen LogP contribution in [0.25, 0.3) is 28.3 Å². The Labute approximate surface area is 177 Å². The summed E-state index contributed by atoms with van der Waals surface area (Å²) in [4.78, 5) is 8.77. The summed E-state index contributed by atoms with van der Waals surface area (Å²) >= 11 is 0. The van der Waals surface area contributed by atoms with E-state index in [1.807, 2.05) is 29.7 Å². The maximum atomic E-state index is 15.3. The third kappa shape index (κ3) is 3.70. The highest BCUT2D eigenvalue weighted by atomic mass is 19.1. The number of imidazole rings is 1. The van der Waals surface area contributed by atoms with E-state index in [9.17, 15) is 0 Å². The molecule has 0 unspecified atom stereocenters. The number of benzene rings is 1. The Bertz CT molecular complexity index is 1240. The molecular formula is C22H22F2N6O. The zero-order valence-corrected chi connectivity index (χ0v) is 17.2. The summed E-state index contributed by atoms with van der Waals surface area (Å²) in [5, 5.41) is 9.98. The minimum atomic E-state index is -0.707. The Balaban J connectivity index is 1.64. The van der Waals surface area contributed by atoms with Gasteiger partial charge in [-0.2, -0.15) is 5.10 Å². The van der Waals surface area contributed by atoms with E-state index in [1.54, 1.807) is 6.92 Å². The molecule has 1 aliphatic rings. The number of hydrogen-bond acceptors (Lipinski definition) is 5. The average Bonchev–Trinajstić information content (AvgIpc) is 3.32. The smallest absolute Gasteiger partial charge is 0.181 e. The van der Waals surface area contributed by atoms with Crippen molar-refractivity contribution in [2.75, 3.05) is 19.7 Å². The molecule has 1 atom stereocenters. The lowest BCUT2D eigenvalue weighted by Crippen LogP contribution is -2.39. The van der Waals surface area contributed by atoms with E-state index in [0.717, 1.165) is 12.1 Å². The van der Waals surface area contributed by atoms with Crippen LogP contribution in [0.5, 0.6) is 0 Å². The highest BCUT2D eigenvalue weighted by Crippen LogP contribution is 2.33. The minimum absolute atomic E-state index is 0.102. The molecule has 0 bridgehead atoms. The van der Waals surface area contributed by atoms with Crippen LogP contribution in [0.2, 0.25) is 0 Å². The number of aromatic amines is 1. The van der Waals surface area contributed by atoms with Crippen molar-refractivity contribution in [3.8, 4) is 22.6 Å². The number of hydrogen-bond donors (Lipinski definition) is 2. The summed E-state index contributed by atoms with van der Waals surface area (Å²) < 4.78 is 38.2. The lowest BCUT2D eigenvalue weighted by molar-refractivity contribution is 0.0286. The van der Waals surface area contributed by atoms with E-state index in [2.05, 4.69) is 25.5 Å². The van der Waals surface area contributed by atoms with E-state index < -0.39 is 11.6 Å². The van der Waals surface area contributed by atoms with Crippen LogP contribution >= 0.6 is 0 Å². The zero-order valence-electron chi connectivity index (χ0n) is 17.2. The number of fused-ring (bicyclic) bond motifs is 1. The highest BCUT2D eigenvalue weighted by molar-refractivity contribution is 5.71. The van der Waals surface area contributed by atoms with Gasteiger partial charge in [0.15, 0.2) is 5.82 Å². The molecule has 160 valence electrons. The molecule has 0 radical (unpaired) electrons. The van der Waals surface area contributed by atoms with Crippen molar-refractivity contribution in [2.24, 2.45) is 0 Å². The third-order valence-corrected chi connectivity index (χ3v) is 5.44. The molecule has 1 fully saturated rings. The molecule has 0 spiro atoms. The fraction of sp³-hybridized carbons (Fsp3) is 0.318. The van der Waals surface area contributed by atoms with Crippen LogP contribution in [-0.2, 0) is 11.2 Å². The zero-order chi connectivity index (χ0) is 21.5. The summed E-state index contributed by atoms with van der Waals surface area (Å²) in [5.74, 6) is -0.601. The largest absolute Gasteiger partial charge is 0.375 e. The van der Waals surface area contributed by atoms with Gasteiger partial charge in [-0.15, -0.1) is 0 Å². The predicted molar refractivity (Wildman–Crippen MR) is 112 cm³/mol. The topological polar surface area (TPSA) is 80.1 Å². The summed E-state index contributed by atoms with van der Waals surface area (Å²) in [6.45, 7) is 5.75. The number of H-pyrrole nitrogens is 1. The number of nitrogens with zero attached hydrogens (tertiary/aromatic N) is 4. The SMILES string of the molecule is Cc1ccn2c(C[C@H]3CNCCO3)c(-c3c(F)cc(-c4n[nH]c(C)n4)cc3F)nc2c1. The van der Waals surface area contributed by atoms with Crippen LogP contribution in [0.4, 0.5) is 8.78 Å². The van der Waals surface area contributed by atoms with Gasteiger partial charge in [-0.05, 0) is 43.7 Å². The Hall–Kier alpha value is -3.17. The van der Waals surface area contributed by atoms with Crippen molar-refractivity contribution in [1.82, 2.24) is 29.9 Å². The number of morpholine rings is 1. The molecule has 0 aliphatic carbocycles. The van der Waals surface area contributed by atoms with Crippen molar-refractivity contribution in [3.63, 3.8) is 0 Å². The van der Waals surface area contributed by atoms with Crippen LogP contribution in [0.15, 0.2) is 30.5 Å². The fourth-order valence-corrected chi connectivity index (χ4v) is 3.96. The first-order chi connectivity index (χ1) is 15.0. The van der Waals surface area contributed by atoms with Crippen molar-refractivity contribution >= 4 is 5.65 Å². The van der Waals surface area contributed by atoms with Crippen molar-refractivity contribution < 1.29 is 13.5 Å². The molecule has 1 aliphatic heterocycles. The fourth-order valence-electron chi connectivity index (χ4n) is 3.96. The molecule has 3 aromatic heterocycles. The molecule has 0 amide bonds. The molecule has 0 saturated carbocycles. The summed E-state index contributed by atoms with van der Waals surface area (Å²) in [6, 6.07) is 6.34. The van der Waals surface area contributed by atoms with Crippen LogP contribution in [0.1, 0.15) is 17.1 Å². The van der Waals surface area contributed by atoms with Crippen LogP contribution < -0.4 is 5.32 Å². The molecule has 1 saturated heterocycles. The second kappa shape index (κ2) is 7.82. The normalized spacial score (nSPS) is 16.8. The minimum Gasteiger partial charge on any atom is -0.375 e. The quantitative estimate of drug-likeness (QED) is 0.526. The van der Waals surface area contributed by atoms with Gasteiger partial charge in [0.1, 0.15) is 23.1 Å². The Morgan fingerprint density at radius 2 is 1.97 bits per heavy atom. The number of rotatable bonds is 4. The van der Waals surface area contributed by atoms with Gasteiger partial charge >= 0.3 is 0 Å². The molecule has 2 N–H and O–H groups in total. The monoisotopic (exact) mass is 424 g/mol. The van der Waals surface area contributed by atoms with Gasteiger partial charge in [-0.25, -0.2) is 18.7 Å². The highest BCUT2D eigenvalue weighted by Gasteiger charge is 2.25. The van der Waals surface area contributed by atoms with E-state index in [0.29, 0.717) is 36.7 Å². The lowest BCUT2D eigenvalue weighted by atomic mass is 10.0. The second-order valence-electron chi connectivity index (χ2n) is 7.80. The summed E-state index contributed by atoms with van der Waals surface area (Å²) in [5.41, 5.74) is 2.76. The maximum Gasteiger partial charge on any atom is 0.181 e. The number of ether oxygens (including phenoxy) is 1. The van der Waals surface area contributed by atoms with Gasteiger partial charge in [0.05, 0.1) is 29.7 Å². The number of pyridine rings is 1. The Morgan fingerprint density at radius 1 is 1.16 bits per heavy atom.